The van der Waals surface area contributed by atoms with Crippen LogP contribution in [0.25, 0.3) is 0 Å². The van der Waals surface area contributed by atoms with Crippen LogP contribution in [0.5, 0.6) is 0 Å². The summed E-state index contributed by atoms with van der Waals surface area (Å²) in [7, 11) is 0. The minimum Gasteiger partial charge on any atom is -0.444 e. The lowest BCUT2D eigenvalue weighted by Crippen LogP contribution is -2.55. The fraction of sp³-hybridized carbons (Fsp3) is 0.643. The van der Waals surface area contributed by atoms with E-state index >= 15 is 0 Å². The molecule has 0 aromatic heterocycles. The van der Waals surface area contributed by atoms with Crippen LogP contribution in [0.15, 0.2) is 24.3 Å². The second-order valence-corrected chi connectivity index (χ2v) is 11.5. The highest BCUT2D eigenvalue weighted by Gasteiger charge is 2.38. The molecule has 0 spiro atoms. The largest absolute Gasteiger partial charge is 0.444 e. The fourth-order valence-electron chi connectivity index (χ4n) is 3.91. The SMILES string of the molecule is CCCCCCN(C(=O)C(CC(N)=O)NC(=O)OC(C)(C)C)C(C(=O)NC(C)(C)C)c1ccccc1C. The van der Waals surface area contributed by atoms with E-state index in [0.717, 1.165) is 24.8 Å². The highest BCUT2D eigenvalue weighted by atomic mass is 16.6. The number of carbonyl (C=O) groups excluding carboxylic acids is 4. The molecular formula is C28H46N4O5. The van der Waals surface area contributed by atoms with Gasteiger partial charge in [-0.15, -0.1) is 0 Å². The van der Waals surface area contributed by atoms with Gasteiger partial charge in [-0.1, -0.05) is 50.5 Å². The molecule has 1 aromatic rings. The minimum absolute atomic E-state index is 0.265. The highest BCUT2D eigenvalue weighted by molar-refractivity contribution is 5.94. The maximum Gasteiger partial charge on any atom is 0.408 e. The number of hydrogen-bond donors (Lipinski definition) is 3. The van der Waals surface area contributed by atoms with Crippen LogP contribution in [-0.4, -0.2) is 52.4 Å². The van der Waals surface area contributed by atoms with Crippen molar-refractivity contribution in [2.24, 2.45) is 5.73 Å². The zero-order chi connectivity index (χ0) is 28.4. The third-order valence-electron chi connectivity index (χ3n) is 5.47. The summed E-state index contributed by atoms with van der Waals surface area (Å²) in [6, 6.07) is 5.13. The van der Waals surface area contributed by atoms with Crippen LogP contribution in [0.2, 0.25) is 0 Å². The molecule has 0 heterocycles. The van der Waals surface area contributed by atoms with Crippen molar-refractivity contribution in [3.63, 3.8) is 0 Å². The van der Waals surface area contributed by atoms with E-state index in [9.17, 15) is 19.2 Å². The summed E-state index contributed by atoms with van der Waals surface area (Å²) in [6.07, 6.45) is 2.23. The van der Waals surface area contributed by atoms with Gasteiger partial charge in [-0.05, 0) is 66.0 Å². The first-order chi connectivity index (χ1) is 17.1. The van der Waals surface area contributed by atoms with Crippen molar-refractivity contribution < 1.29 is 23.9 Å². The summed E-state index contributed by atoms with van der Waals surface area (Å²) in [5.74, 6) is -1.67. The third kappa shape index (κ3) is 11.7. The van der Waals surface area contributed by atoms with E-state index in [0.29, 0.717) is 12.0 Å². The number of benzene rings is 1. The lowest BCUT2D eigenvalue weighted by molar-refractivity contribution is -0.144. The smallest absolute Gasteiger partial charge is 0.408 e. The molecule has 0 aliphatic carbocycles. The van der Waals surface area contributed by atoms with Crippen LogP contribution in [0, 0.1) is 6.92 Å². The van der Waals surface area contributed by atoms with Crippen LogP contribution in [0.4, 0.5) is 4.79 Å². The lowest BCUT2D eigenvalue weighted by Gasteiger charge is -2.36. The van der Waals surface area contributed by atoms with E-state index in [1.807, 2.05) is 52.0 Å². The zero-order valence-electron chi connectivity index (χ0n) is 23.8. The van der Waals surface area contributed by atoms with Gasteiger partial charge in [-0.3, -0.25) is 14.4 Å². The number of carbonyl (C=O) groups is 4. The summed E-state index contributed by atoms with van der Waals surface area (Å²) < 4.78 is 5.32. The van der Waals surface area contributed by atoms with Gasteiger partial charge >= 0.3 is 6.09 Å². The van der Waals surface area contributed by atoms with Crippen LogP contribution in [0.3, 0.4) is 0 Å². The van der Waals surface area contributed by atoms with Gasteiger partial charge in [0.05, 0.1) is 6.42 Å². The van der Waals surface area contributed by atoms with Gasteiger partial charge in [0.1, 0.15) is 17.7 Å². The number of nitrogens with zero attached hydrogens (tertiary/aromatic N) is 1. The Bertz CT molecular complexity index is 933. The number of rotatable bonds is 12. The number of nitrogens with one attached hydrogen (secondary N) is 2. The van der Waals surface area contributed by atoms with Crippen LogP contribution in [-0.2, 0) is 19.1 Å². The molecule has 9 nitrogen and oxygen atoms in total. The Hall–Kier alpha value is -3.10. The molecule has 1 aromatic carbocycles. The zero-order valence-corrected chi connectivity index (χ0v) is 23.8. The number of aryl methyl sites for hydroxylation is 1. The van der Waals surface area contributed by atoms with Crippen molar-refractivity contribution in [1.82, 2.24) is 15.5 Å². The molecule has 0 bridgehead atoms. The standard InChI is InChI=1S/C28H46N4O5/c1-9-10-11-14-17-32(25(35)21(18-22(29)33)30-26(36)37-28(6,7)8)23(24(34)31-27(3,4)5)20-16-13-12-15-19(20)2/h12-13,15-16,21,23H,9-11,14,17-18H2,1-8H3,(H2,29,33)(H,30,36)(H,31,34). The first-order valence-corrected chi connectivity index (χ1v) is 13.0. The first kappa shape index (κ1) is 31.9. The molecule has 208 valence electrons. The van der Waals surface area contributed by atoms with Gasteiger partial charge in [0, 0.05) is 12.1 Å². The van der Waals surface area contributed by atoms with Crippen molar-refractivity contribution in [3.05, 3.63) is 35.4 Å². The average Bonchev–Trinajstić information content (AvgIpc) is 2.73. The average molecular weight is 519 g/mol. The Morgan fingerprint density at radius 1 is 1.00 bits per heavy atom. The van der Waals surface area contributed by atoms with Crippen molar-refractivity contribution >= 4 is 23.8 Å². The Morgan fingerprint density at radius 2 is 1.62 bits per heavy atom. The number of nitrogens with two attached hydrogens (primary N) is 1. The van der Waals surface area contributed by atoms with Crippen molar-refractivity contribution in [3.8, 4) is 0 Å². The molecule has 2 unspecified atom stereocenters. The predicted molar refractivity (Wildman–Crippen MR) is 145 cm³/mol. The van der Waals surface area contributed by atoms with Crippen molar-refractivity contribution in [2.75, 3.05) is 6.54 Å². The first-order valence-electron chi connectivity index (χ1n) is 13.0. The van der Waals surface area contributed by atoms with Gasteiger partial charge in [0.2, 0.25) is 17.7 Å². The molecule has 0 aliphatic heterocycles. The number of primary amides is 1. The summed E-state index contributed by atoms with van der Waals surface area (Å²) in [6.45, 7) is 14.9. The maximum absolute atomic E-state index is 14.0. The molecule has 0 saturated carbocycles. The van der Waals surface area contributed by atoms with E-state index in [1.165, 1.54) is 4.90 Å². The Labute approximate surface area is 221 Å². The monoisotopic (exact) mass is 518 g/mol. The summed E-state index contributed by atoms with van der Waals surface area (Å²) >= 11 is 0. The molecule has 4 amide bonds. The number of alkyl carbamates (subject to hydrolysis) is 1. The van der Waals surface area contributed by atoms with Crippen LogP contribution >= 0.6 is 0 Å². The van der Waals surface area contributed by atoms with Crippen molar-refractivity contribution in [1.29, 1.82) is 0 Å². The normalized spacial score (nSPS) is 13.3. The lowest BCUT2D eigenvalue weighted by atomic mass is 9.96. The molecule has 0 saturated heterocycles. The predicted octanol–water partition coefficient (Wildman–Crippen LogP) is 4.13. The molecule has 2 atom stereocenters. The van der Waals surface area contributed by atoms with E-state index in [1.54, 1.807) is 20.8 Å². The molecule has 9 heteroatoms. The van der Waals surface area contributed by atoms with E-state index in [4.69, 9.17) is 10.5 Å². The van der Waals surface area contributed by atoms with Gasteiger partial charge in [-0.2, -0.15) is 0 Å². The van der Waals surface area contributed by atoms with E-state index in [2.05, 4.69) is 17.6 Å². The molecule has 0 fully saturated rings. The topological polar surface area (TPSA) is 131 Å². The molecule has 0 aliphatic rings. The number of unbranched alkanes of at least 4 members (excludes halogenated alkanes) is 3. The van der Waals surface area contributed by atoms with E-state index < -0.39 is 47.6 Å². The quantitative estimate of drug-likeness (QED) is 0.358. The van der Waals surface area contributed by atoms with Crippen molar-refractivity contribution in [2.45, 2.75) is 111 Å². The minimum atomic E-state index is -1.28. The van der Waals surface area contributed by atoms with Gasteiger partial charge in [0.15, 0.2) is 0 Å². The molecule has 4 N–H and O–H groups in total. The summed E-state index contributed by atoms with van der Waals surface area (Å²) in [4.78, 5) is 53.6. The third-order valence-corrected chi connectivity index (χ3v) is 5.47. The molecule has 1 rings (SSSR count). The molecule has 0 radical (unpaired) electrons. The number of hydrogen-bond acceptors (Lipinski definition) is 5. The van der Waals surface area contributed by atoms with Gasteiger partial charge < -0.3 is 26.0 Å². The summed E-state index contributed by atoms with van der Waals surface area (Å²) in [5.41, 5.74) is 5.61. The van der Waals surface area contributed by atoms with Gasteiger partial charge in [0.25, 0.3) is 0 Å². The molecular weight excluding hydrogens is 472 g/mol. The van der Waals surface area contributed by atoms with E-state index in [-0.39, 0.29) is 12.5 Å². The summed E-state index contributed by atoms with van der Waals surface area (Å²) in [5, 5.41) is 5.51. The Kier molecular flexibility index (Phi) is 12.1. The maximum atomic E-state index is 14.0. The van der Waals surface area contributed by atoms with Crippen LogP contribution in [0.1, 0.15) is 97.7 Å². The Morgan fingerprint density at radius 3 is 2.14 bits per heavy atom. The fourth-order valence-corrected chi connectivity index (χ4v) is 3.91. The van der Waals surface area contributed by atoms with Gasteiger partial charge in [-0.25, -0.2) is 4.79 Å². The number of amides is 4. The highest BCUT2D eigenvalue weighted by Crippen LogP contribution is 2.27. The second-order valence-electron chi connectivity index (χ2n) is 11.5. The number of ether oxygens (including phenoxy) is 1. The van der Waals surface area contributed by atoms with Crippen LogP contribution < -0.4 is 16.4 Å². The molecule has 37 heavy (non-hydrogen) atoms. The Balaban J connectivity index is 3.54. The second kappa shape index (κ2) is 14.0.